The van der Waals surface area contributed by atoms with Gasteiger partial charge in [0.25, 0.3) is 0 Å². The first-order valence-electron chi connectivity index (χ1n) is 3.40. The summed E-state index contributed by atoms with van der Waals surface area (Å²) in [6.07, 6.45) is 0. The molecule has 0 aliphatic rings. The van der Waals surface area contributed by atoms with Crippen molar-refractivity contribution < 1.29 is 4.97 Å². The first kappa shape index (κ1) is 9.96. The molecule has 11 heavy (non-hydrogen) atoms. The molecule has 2 N–H and O–H groups in total. The Hall–Kier alpha value is -1.04. The molecule has 0 aromatic heterocycles. The zero-order valence-corrected chi connectivity index (χ0v) is 6.73. The van der Waals surface area contributed by atoms with E-state index in [1.807, 2.05) is 0 Å². The minimum atomic E-state index is -0.0613. The Balaban J connectivity index is 4.10. The molecule has 0 aromatic carbocycles. The van der Waals surface area contributed by atoms with Crippen molar-refractivity contribution in [2.75, 3.05) is 13.1 Å². The Morgan fingerprint density at radius 2 is 2.18 bits per heavy atom. The van der Waals surface area contributed by atoms with Crippen molar-refractivity contribution in [1.29, 1.82) is 0 Å². The summed E-state index contributed by atoms with van der Waals surface area (Å²) in [5, 5.41) is 23.9. The predicted molar refractivity (Wildman–Crippen MR) is 40.3 cm³/mol. The van der Waals surface area contributed by atoms with E-state index in [9.17, 15) is 10.4 Å². The van der Waals surface area contributed by atoms with Crippen LogP contribution in [0.4, 0.5) is 0 Å². The van der Waals surface area contributed by atoms with E-state index in [4.69, 9.17) is 5.73 Å². The van der Waals surface area contributed by atoms with Crippen LogP contribution in [0.5, 0.6) is 0 Å². The topological polar surface area (TPSA) is 90.8 Å². The SMILES string of the molecule is CC(C)N(CCN)/[N+]([O-])=N/[O-]. The highest BCUT2D eigenvalue weighted by molar-refractivity contribution is 4.51. The Morgan fingerprint density at radius 3 is 2.45 bits per heavy atom. The summed E-state index contributed by atoms with van der Waals surface area (Å²) < 4.78 is 0. The lowest BCUT2D eigenvalue weighted by Crippen LogP contribution is -2.40. The van der Waals surface area contributed by atoms with Crippen LogP contribution in [0, 0.1) is 10.4 Å². The van der Waals surface area contributed by atoms with Crippen molar-refractivity contribution in [2.24, 2.45) is 11.0 Å². The summed E-state index contributed by atoms with van der Waals surface area (Å²) in [5.74, 6) is 0. The number of nitrogens with two attached hydrogens (primary N) is 1. The zero-order valence-electron chi connectivity index (χ0n) is 6.73. The van der Waals surface area contributed by atoms with Gasteiger partial charge in [0.2, 0.25) is 0 Å². The Kier molecular flexibility index (Phi) is 4.28. The van der Waals surface area contributed by atoms with Gasteiger partial charge in [-0.3, -0.25) is 0 Å². The lowest BCUT2D eigenvalue weighted by atomic mass is 10.4. The zero-order chi connectivity index (χ0) is 8.85. The second kappa shape index (κ2) is 4.73. The van der Waals surface area contributed by atoms with Gasteiger partial charge in [0.1, 0.15) is 0 Å². The molecule has 0 unspecified atom stereocenters. The largest absolute Gasteiger partial charge is 0.737 e. The number of nitrogens with zero attached hydrogens (tertiary/aromatic N) is 3. The third kappa shape index (κ3) is 3.03. The van der Waals surface area contributed by atoms with Gasteiger partial charge in [-0.05, 0) is 19.1 Å². The highest BCUT2D eigenvalue weighted by Crippen LogP contribution is 1.97. The van der Waals surface area contributed by atoms with Gasteiger partial charge in [0, 0.05) is 11.5 Å². The molecule has 0 fully saturated rings. The fourth-order valence-corrected chi connectivity index (χ4v) is 0.720. The van der Waals surface area contributed by atoms with Crippen LogP contribution < -0.4 is 5.73 Å². The summed E-state index contributed by atoms with van der Waals surface area (Å²) >= 11 is 0. The van der Waals surface area contributed by atoms with E-state index in [2.05, 4.69) is 5.28 Å². The van der Waals surface area contributed by atoms with E-state index in [1.165, 1.54) is 5.01 Å². The Bertz CT molecular complexity index is 136. The maximum absolute atomic E-state index is 10.7. The maximum Gasteiger partial charge on any atom is 0.0893 e. The number of hydrogen-bond acceptors (Lipinski definition) is 4. The van der Waals surface area contributed by atoms with Gasteiger partial charge in [0.15, 0.2) is 0 Å². The van der Waals surface area contributed by atoms with Crippen molar-refractivity contribution in [1.82, 2.24) is 5.01 Å². The van der Waals surface area contributed by atoms with E-state index in [-0.39, 0.29) is 11.0 Å². The molecule has 0 radical (unpaired) electrons. The molecule has 0 aromatic rings. The number of hydrazine groups is 1. The molecule has 0 atom stereocenters. The molecule has 0 aliphatic heterocycles. The van der Waals surface area contributed by atoms with Crippen LogP contribution in [-0.2, 0) is 0 Å². The van der Waals surface area contributed by atoms with Crippen molar-refractivity contribution in [3.63, 3.8) is 0 Å². The molecule has 0 spiro atoms. The van der Waals surface area contributed by atoms with E-state index in [0.717, 1.165) is 0 Å². The fourth-order valence-electron chi connectivity index (χ4n) is 0.720. The Labute approximate surface area is 65.4 Å². The first-order chi connectivity index (χ1) is 5.13. The molecular weight excluding hydrogens is 148 g/mol. The maximum atomic E-state index is 10.7. The van der Waals surface area contributed by atoms with Gasteiger partial charge in [-0.2, -0.15) is 0 Å². The molecule has 66 valence electrons. The molecule has 0 amide bonds. The fraction of sp³-hybridized carbons (Fsp3) is 1.00. The third-order valence-electron chi connectivity index (χ3n) is 1.24. The summed E-state index contributed by atoms with van der Waals surface area (Å²) in [5.41, 5.74) is 5.21. The van der Waals surface area contributed by atoms with Gasteiger partial charge in [-0.1, -0.05) is 0 Å². The van der Waals surface area contributed by atoms with Crippen molar-refractivity contribution >= 4 is 0 Å². The standard InChI is InChI=1S/C5H14N4O2/c1-5(2)8(4-3-6)9(11)7-10/h5,10H,3-4,6H2,1-2H3/p-1/b9-7-. The average Bonchev–Trinajstić information content (AvgIpc) is 1.98. The van der Waals surface area contributed by atoms with Gasteiger partial charge < -0.3 is 16.1 Å². The molecule has 0 rings (SSSR count). The van der Waals surface area contributed by atoms with Gasteiger partial charge in [0.05, 0.1) is 12.6 Å². The van der Waals surface area contributed by atoms with E-state index in [0.29, 0.717) is 13.1 Å². The van der Waals surface area contributed by atoms with Crippen LogP contribution >= 0.6 is 0 Å². The second-order valence-electron chi connectivity index (χ2n) is 2.38. The minimum Gasteiger partial charge on any atom is -0.737 e. The van der Waals surface area contributed by atoms with E-state index in [1.54, 1.807) is 13.8 Å². The minimum absolute atomic E-state index is 0.0253. The summed E-state index contributed by atoms with van der Waals surface area (Å²) in [4.78, 5) is 0.0253. The first-order valence-corrected chi connectivity index (χ1v) is 3.40. The molecule has 0 aliphatic carbocycles. The van der Waals surface area contributed by atoms with Crippen LogP contribution in [0.3, 0.4) is 0 Å². The lowest BCUT2D eigenvalue weighted by molar-refractivity contribution is -0.696. The smallest absolute Gasteiger partial charge is 0.0893 e. The number of rotatable bonds is 4. The molecule has 6 heteroatoms. The molecule has 0 heterocycles. The van der Waals surface area contributed by atoms with E-state index >= 15 is 0 Å². The molecule has 6 nitrogen and oxygen atoms in total. The van der Waals surface area contributed by atoms with Crippen LogP contribution in [0.15, 0.2) is 5.28 Å². The normalized spacial score (nSPS) is 12.2. The third-order valence-corrected chi connectivity index (χ3v) is 1.24. The summed E-state index contributed by atoms with van der Waals surface area (Å²) in [6.45, 7) is 4.23. The summed E-state index contributed by atoms with van der Waals surface area (Å²) in [6, 6.07) is -0.0613. The molecule has 0 saturated heterocycles. The average molecular weight is 161 g/mol. The lowest BCUT2D eigenvalue weighted by Gasteiger charge is -2.21. The van der Waals surface area contributed by atoms with Crippen molar-refractivity contribution in [3.8, 4) is 0 Å². The van der Waals surface area contributed by atoms with Crippen LogP contribution in [0.1, 0.15) is 13.8 Å². The summed E-state index contributed by atoms with van der Waals surface area (Å²) in [7, 11) is 0. The monoisotopic (exact) mass is 161 g/mol. The Morgan fingerprint density at radius 1 is 1.64 bits per heavy atom. The van der Waals surface area contributed by atoms with Crippen LogP contribution in [0.25, 0.3) is 0 Å². The van der Waals surface area contributed by atoms with Crippen LogP contribution in [-0.4, -0.2) is 29.1 Å². The van der Waals surface area contributed by atoms with Crippen molar-refractivity contribution in [2.45, 2.75) is 19.9 Å². The van der Waals surface area contributed by atoms with Gasteiger partial charge >= 0.3 is 0 Å². The van der Waals surface area contributed by atoms with Crippen LogP contribution in [0.2, 0.25) is 0 Å². The second-order valence-corrected chi connectivity index (χ2v) is 2.38. The van der Waals surface area contributed by atoms with Gasteiger partial charge in [-0.25, -0.2) is 0 Å². The predicted octanol–water partition coefficient (Wildman–Crippen LogP) is 0.0308. The molecular formula is C5H13N4O2-. The highest BCUT2D eigenvalue weighted by atomic mass is 16.6. The number of hydrogen-bond donors (Lipinski definition) is 1. The van der Waals surface area contributed by atoms with Crippen molar-refractivity contribution in [3.05, 3.63) is 10.4 Å². The molecule has 0 saturated carbocycles. The van der Waals surface area contributed by atoms with E-state index < -0.39 is 0 Å². The van der Waals surface area contributed by atoms with Gasteiger partial charge in [-0.15, -0.1) is 5.01 Å². The molecule has 0 bridgehead atoms. The quantitative estimate of drug-likeness (QED) is 0.357. The highest BCUT2D eigenvalue weighted by Gasteiger charge is 2.13.